The highest BCUT2D eigenvalue weighted by molar-refractivity contribution is 6.16. The number of oxime groups is 1. The van der Waals surface area contributed by atoms with E-state index in [1.165, 1.54) is 6.08 Å². The van der Waals surface area contributed by atoms with Gasteiger partial charge in [-0.3, -0.25) is 0 Å². The first-order valence-electron chi connectivity index (χ1n) is 8.23. The second kappa shape index (κ2) is 6.93. The van der Waals surface area contributed by atoms with E-state index < -0.39 is 17.7 Å². The van der Waals surface area contributed by atoms with Gasteiger partial charge in [-0.25, -0.2) is 4.79 Å². The van der Waals surface area contributed by atoms with Crippen LogP contribution in [-0.2, 0) is 14.4 Å². The fourth-order valence-corrected chi connectivity index (χ4v) is 2.62. The van der Waals surface area contributed by atoms with Gasteiger partial charge in [0.05, 0.1) is 0 Å². The molecule has 1 aliphatic heterocycles. The van der Waals surface area contributed by atoms with Crippen molar-refractivity contribution in [2.24, 2.45) is 5.16 Å². The van der Waals surface area contributed by atoms with Gasteiger partial charge in [0.1, 0.15) is 11.3 Å². The number of benzene rings is 2. The van der Waals surface area contributed by atoms with Gasteiger partial charge in [-0.05, 0) is 26.3 Å². The molecule has 4 nitrogen and oxygen atoms in total. The number of carbonyl (C=O) groups is 1. The molecule has 0 saturated carbocycles. The molecule has 1 heterocycles. The highest BCUT2D eigenvalue weighted by Gasteiger charge is 2.31. The zero-order chi connectivity index (χ0) is 17.9. The number of rotatable bonds is 3. The first-order chi connectivity index (χ1) is 11.9. The quantitative estimate of drug-likeness (QED) is 0.616. The summed E-state index contributed by atoms with van der Waals surface area (Å²) in [7, 11) is 0. The average molecular weight is 335 g/mol. The number of nitrogens with zero attached hydrogens (tertiary/aromatic N) is 1. The van der Waals surface area contributed by atoms with Gasteiger partial charge < -0.3 is 9.57 Å². The van der Waals surface area contributed by atoms with Crippen LogP contribution in [0.1, 0.15) is 38.0 Å². The van der Waals surface area contributed by atoms with Crippen LogP contribution in [0.25, 0.3) is 0 Å². The van der Waals surface area contributed by atoms with Crippen molar-refractivity contribution in [3.8, 4) is 0 Å². The van der Waals surface area contributed by atoms with E-state index in [9.17, 15) is 4.79 Å². The Bertz CT molecular complexity index is 802. The van der Waals surface area contributed by atoms with E-state index in [4.69, 9.17) is 9.57 Å². The van der Waals surface area contributed by atoms with E-state index in [0.29, 0.717) is 11.3 Å². The third-order valence-electron chi connectivity index (χ3n) is 3.63. The summed E-state index contributed by atoms with van der Waals surface area (Å²) in [6.07, 6.45) is 1.06. The lowest BCUT2D eigenvalue weighted by molar-refractivity contribution is -0.148. The lowest BCUT2D eigenvalue weighted by Gasteiger charge is -2.19. The summed E-state index contributed by atoms with van der Waals surface area (Å²) >= 11 is 0. The molecule has 0 aliphatic carbocycles. The van der Waals surface area contributed by atoms with Crippen molar-refractivity contribution in [2.45, 2.75) is 32.5 Å². The van der Waals surface area contributed by atoms with Crippen LogP contribution in [0.15, 0.2) is 77.5 Å². The van der Waals surface area contributed by atoms with Crippen LogP contribution in [0.2, 0.25) is 0 Å². The summed E-state index contributed by atoms with van der Waals surface area (Å²) in [5.41, 5.74) is 2.63. The van der Waals surface area contributed by atoms with Crippen molar-refractivity contribution in [1.82, 2.24) is 0 Å². The highest BCUT2D eigenvalue weighted by Crippen LogP contribution is 2.34. The van der Waals surface area contributed by atoms with Crippen LogP contribution < -0.4 is 0 Å². The predicted octanol–water partition coefficient (Wildman–Crippen LogP) is 4.43. The Balaban J connectivity index is 1.98. The zero-order valence-corrected chi connectivity index (χ0v) is 14.6. The molecular formula is C21H21NO3. The maximum Gasteiger partial charge on any atom is 0.331 e. The average Bonchev–Trinajstić information content (AvgIpc) is 2.98. The summed E-state index contributed by atoms with van der Waals surface area (Å²) in [6, 6.07) is 19.4. The van der Waals surface area contributed by atoms with Gasteiger partial charge in [0.15, 0.2) is 6.10 Å². The van der Waals surface area contributed by atoms with Crippen LogP contribution in [0.4, 0.5) is 0 Å². The molecule has 0 aromatic heterocycles. The molecule has 4 heteroatoms. The summed E-state index contributed by atoms with van der Waals surface area (Å²) in [5, 5.41) is 4.24. The monoisotopic (exact) mass is 335 g/mol. The SMILES string of the molecule is CC(C)(C)OC(=O)/C=C1/C(c2ccccc2)=NOC1c1ccccc1. The zero-order valence-electron chi connectivity index (χ0n) is 14.6. The van der Waals surface area contributed by atoms with E-state index in [-0.39, 0.29) is 0 Å². The molecule has 2 aromatic carbocycles. The van der Waals surface area contributed by atoms with Gasteiger partial charge in [0, 0.05) is 17.2 Å². The van der Waals surface area contributed by atoms with E-state index in [1.807, 2.05) is 81.4 Å². The number of hydrogen-bond donors (Lipinski definition) is 0. The summed E-state index contributed by atoms with van der Waals surface area (Å²) in [5.74, 6) is -0.405. The van der Waals surface area contributed by atoms with E-state index in [0.717, 1.165) is 11.1 Å². The Labute approximate surface area is 147 Å². The normalized spacial score (nSPS) is 18.6. The molecule has 128 valence electrons. The Kier molecular flexibility index (Phi) is 4.70. The number of esters is 1. The molecule has 0 N–H and O–H groups in total. The minimum atomic E-state index is -0.556. The molecule has 0 amide bonds. The Morgan fingerprint density at radius 2 is 1.64 bits per heavy atom. The topological polar surface area (TPSA) is 47.9 Å². The van der Waals surface area contributed by atoms with Crippen molar-refractivity contribution in [3.63, 3.8) is 0 Å². The van der Waals surface area contributed by atoms with Crippen LogP contribution in [0, 0.1) is 0 Å². The third-order valence-corrected chi connectivity index (χ3v) is 3.63. The largest absolute Gasteiger partial charge is 0.457 e. The van der Waals surface area contributed by atoms with Crippen LogP contribution in [0.3, 0.4) is 0 Å². The molecule has 25 heavy (non-hydrogen) atoms. The van der Waals surface area contributed by atoms with E-state index in [2.05, 4.69) is 5.16 Å². The highest BCUT2D eigenvalue weighted by atomic mass is 16.6. The van der Waals surface area contributed by atoms with Crippen molar-refractivity contribution >= 4 is 11.7 Å². The van der Waals surface area contributed by atoms with Crippen molar-refractivity contribution in [1.29, 1.82) is 0 Å². The fraction of sp³-hybridized carbons (Fsp3) is 0.238. The summed E-state index contributed by atoms with van der Waals surface area (Å²) in [4.78, 5) is 18.0. The molecule has 0 saturated heterocycles. The molecule has 1 atom stereocenters. The Hall–Kier alpha value is -2.88. The molecule has 0 fully saturated rings. The van der Waals surface area contributed by atoms with Gasteiger partial charge in [-0.2, -0.15) is 0 Å². The van der Waals surface area contributed by atoms with Crippen LogP contribution >= 0.6 is 0 Å². The predicted molar refractivity (Wildman–Crippen MR) is 97.2 cm³/mol. The molecule has 2 aromatic rings. The Morgan fingerprint density at radius 1 is 1.04 bits per heavy atom. The molecule has 0 radical (unpaired) electrons. The maximum atomic E-state index is 12.4. The second-order valence-electron chi connectivity index (χ2n) is 6.84. The van der Waals surface area contributed by atoms with Crippen molar-refractivity contribution in [2.75, 3.05) is 0 Å². The Morgan fingerprint density at radius 3 is 2.24 bits per heavy atom. The summed E-state index contributed by atoms with van der Waals surface area (Å²) in [6.45, 7) is 5.53. The molecular weight excluding hydrogens is 314 g/mol. The maximum absolute atomic E-state index is 12.4. The number of ether oxygens (including phenoxy) is 1. The van der Waals surface area contributed by atoms with Gasteiger partial charge in [0.2, 0.25) is 0 Å². The van der Waals surface area contributed by atoms with Gasteiger partial charge in [-0.1, -0.05) is 65.8 Å². The van der Waals surface area contributed by atoms with Gasteiger partial charge in [-0.15, -0.1) is 0 Å². The molecule has 1 aliphatic rings. The minimum Gasteiger partial charge on any atom is -0.457 e. The van der Waals surface area contributed by atoms with E-state index in [1.54, 1.807) is 0 Å². The first kappa shape index (κ1) is 17.0. The molecule has 0 spiro atoms. The van der Waals surface area contributed by atoms with Gasteiger partial charge >= 0.3 is 5.97 Å². The number of carbonyl (C=O) groups excluding carboxylic acids is 1. The number of hydrogen-bond acceptors (Lipinski definition) is 4. The van der Waals surface area contributed by atoms with Crippen molar-refractivity contribution < 1.29 is 14.4 Å². The van der Waals surface area contributed by atoms with E-state index >= 15 is 0 Å². The lowest BCUT2D eigenvalue weighted by atomic mass is 9.94. The standard InChI is InChI=1S/C21H21NO3/c1-21(2,3)24-18(23)14-17-19(15-10-6-4-7-11-15)22-25-20(17)16-12-8-5-9-13-16/h4-14,20H,1-3H3/b17-14-. The lowest BCUT2D eigenvalue weighted by Crippen LogP contribution is -2.23. The molecule has 3 rings (SSSR count). The fourth-order valence-electron chi connectivity index (χ4n) is 2.62. The van der Waals surface area contributed by atoms with Crippen LogP contribution in [0.5, 0.6) is 0 Å². The smallest absolute Gasteiger partial charge is 0.331 e. The first-order valence-corrected chi connectivity index (χ1v) is 8.23. The third kappa shape index (κ3) is 4.15. The van der Waals surface area contributed by atoms with Crippen molar-refractivity contribution in [3.05, 3.63) is 83.4 Å². The molecule has 0 bridgehead atoms. The minimum absolute atomic E-state index is 0.405. The molecule has 1 unspecified atom stereocenters. The second-order valence-corrected chi connectivity index (χ2v) is 6.84. The van der Waals surface area contributed by atoms with Crippen LogP contribution in [-0.4, -0.2) is 17.3 Å². The van der Waals surface area contributed by atoms with Gasteiger partial charge in [0.25, 0.3) is 0 Å². The summed E-state index contributed by atoms with van der Waals surface area (Å²) < 4.78 is 5.44.